The zero-order chi connectivity index (χ0) is 34.3. The monoisotopic (exact) mass is 668 g/mol. The molecule has 1 aliphatic rings. The van der Waals surface area contributed by atoms with Crippen LogP contribution in [-0.4, -0.2) is 74.1 Å². The molecule has 256 valence electrons. The normalized spacial score (nSPS) is 20.9. The second-order valence-corrected chi connectivity index (χ2v) is 12.6. The van der Waals surface area contributed by atoms with Gasteiger partial charge in [0.2, 0.25) is 0 Å². The average Bonchev–Trinajstić information content (AvgIpc) is 2.94. The molecule has 0 unspecified atom stereocenters. The summed E-state index contributed by atoms with van der Waals surface area (Å²) in [5.74, 6) is -1.57. The van der Waals surface area contributed by atoms with E-state index in [2.05, 4.69) is 16.6 Å². The van der Waals surface area contributed by atoms with Gasteiger partial charge in [-0.25, -0.2) is 4.79 Å². The highest BCUT2D eigenvalue weighted by atomic mass is 31.2. The summed E-state index contributed by atoms with van der Waals surface area (Å²) in [5, 5.41) is 5.49. The summed E-state index contributed by atoms with van der Waals surface area (Å²) in [6.07, 6.45) is 3.28. The Bertz CT molecular complexity index is 1290. The smallest absolute Gasteiger partial charge is 0.377 e. The van der Waals surface area contributed by atoms with Crippen LogP contribution >= 0.6 is 7.60 Å². The largest absolute Gasteiger partial charge is 0.458 e. The summed E-state index contributed by atoms with van der Waals surface area (Å²) in [6.45, 7) is 9.22. The van der Waals surface area contributed by atoms with Crippen LogP contribution in [0.5, 0.6) is 5.75 Å². The number of aryl methyl sites for hydroxylation is 1. The van der Waals surface area contributed by atoms with Gasteiger partial charge in [0.25, 0.3) is 0 Å². The van der Waals surface area contributed by atoms with E-state index in [-0.39, 0.29) is 38.0 Å². The van der Waals surface area contributed by atoms with Gasteiger partial charge in [0, 0.05) is 39.4 Å². The van der Waals surface area contributed by atoms with E-state index in [4.69, 9.17) is 39.2 Å². The molecule has 4 atom stereocenters. The molecule has 0 bridgehead atoms. The van der Waals surface area contributed by atoms with Crippen molar-refractivity contribution >= 4 is 37.2 Å². The standard InChI is InChI=1S/C31H45N2O12P/c1-8-11-12-13-17-32-30(37)33-25-14-15-26(21(4)19-25)44-31(43-24(7)36)20-28(41-22(5)34)29(42-23(6)35)27(45-31)16-18-46(38,39-9-2)40-10-3/h1,14-15,19,27-29H,9-13,16-18,20H2,2-7H3,(H2,32,33,37)/t27-,28+,29+,31+/m1/s1. The van der Waals surface area contributed by atoms with E-state index in [9.17, 15) is 23.7 Å². The molecule has 14 nitrogen and oxygen atoms in total. The van der Waals surface area contributed by atoms with Gasteiger partial charge in [0.1, 0.15) is 11.9 Å². The number of ether oxygens (including phenoxy) is 5. The van der Waals surface area contributed by atoms with Gasteiger partial charge in [0.05, 0.1) is 25.8 Å². The molecule has 0 aromatic heterocycles. The molecule has 0 aliphatic carbocycles. The van der Waals surface area contributed by atoms with E-state index in [0.717, 1.165) is 19.8 Å². The summed E-state index contributed by atoms with van der Waals surface area (Å²) < 4.78 is 53.1. The van der Waals surface area contributed by atoms with Crippen LogP contribution in [-0.2, 0) is 46.9 Å². The van der Waals surface area contributed by atoms with Crippen molar-refractivity contribution in [3.8, 4) is 18.1 Å². The third kappa shape index (κ3) is 12.6. The molecular weight excluding hydrogens is 623 g/mol. The number of hydrogen-bond donors (Lipinski definition) is 2. The molecule has 2 N–H and O–H groups in total. The molecule has 0 radical (unpaired) electrons. The van der Waals surface area contributed by atoms with E-state index in [0.29, 0.717) is 24.2 Å². The van der Waals surface area contributed by atoms with Crippen molar-refractivity contribution in [2.24, 2.45) is 0 Å². The number of anilines is 1. The number of amides is 2. The lowest BCUT2D eigenvalue weighted by atomic mass is 9.97. The number of benzene rings is 1. The third-order valence-electron chi connectivity index (χ3n) is 6.50. The molecule has 1 aromatic carbocycles. The van der Waals surface area contributed by atoms with E-state index in [1.807, 2.05) is 0 Å². The first-order valence-electron chi connectivity index (χ1n) is 15.1. The number of unbranched alkanes of at least 4 members (excludes halogenated alkanes) is 2. The summed E-state index contributed by atoms with van der Waals surface area (Å²) in [5.41, 5.74) is 0.993. The highest BCUT2D eigenvalue weighted by Crippen LogP contribution is 2.50. The fourth-order valence-corrected chi connectivity index (χ4v) is 6.48. The zero-order valence-electron chi connectivity index (χ0n) is 27.3. The Labute approximate surface area is 270 Å². The Hall–Kier alpha value is -3.63. The van der Waals surface area contributed by atoms with Crippen molar-refractivity contribution in [3.05, 3.63) is 23.8 Å². The first-order chi connectivity index (χ1) is 21.7. The number of esters is 3. The molecule has 1 aliphatic heterocycles. The van der Waals surface area contributed by atoms with Crippen molar-refractivity contribution in [3.63, 3.8) is 0 Å². The lowest BCUT2D eigenvalue weighted by molar-refractivity contribution is -0.383. The fourth-order valence-electron chi connectivity index (χ4n) is 4.79. The second kappa shape index (κ2) is 18.5. The molecule has 2 rings (SSSR count). The number of rotatable bonds is 17. The highest BCUT2D eigenvalue weighted by Gasteiger charge is 2.55. The summed E-state index contributed by atoms with van der Waals surface area (Å²) in [7, 11) is -3.59. The quantitative estimate of drug-likeness (QED) is 0.0579. The summed E-state index contributed by atoms with van der Waals surface area (Å²) in [6, 6.07) is 4.36. The predicted molar refractivity (Wildman–Crippen MR) is 167 cm³/mol. The van der Waals surface area contributed by atoms with Crippen LogP contribution < -0.4 is 15.4 Å². The fraction of sp³-hybridized carbons (Fsp3) is 0.613. The maximum absolute atomic E-state index is 13.3. The Balaban J connectivity index is 2.40. The van der Waals surface area contributed by atoms with Gasteiger partial charge in [-0.2, -0.15) is 0 Å². The number of terminal acetylenes is 1. The molecule has 1 aromatic rings. The zero-order valence-corrected chi connectivity index (χ0v) is 28.1. The van der Waals surface area contributed by atoms with Crippen LogP contribution in [0, 0.1) is 19.3 Å². The minimum absolute atomic E-state index is 0.0843. The molecule has 15 heteroatoms. The first kappa shape index (κ1) is 38.6. The minimum Gasteiger partial charge on any atom is -0.458 e. The van der Waals surface area contributed by atoms with Crippen LogP contribution in [0.2, 0.25) is 0 Å². The van der Waals surface area contributed by atoms with Gasteiger partial charge in [-0.15, -0.1) is 12.3 Å². The minimum atomic E-state index is -3.59. The van der Waals surface area contributed by atoms with E-state index in [1.54, 1.807) is 39.0 Å². The second-order valence-electron chi connectivity index (χ2n) is 10.4. The van der Waals surface area contributed by atoms with Crippen LogP contribution in [0.4, 0.5) is 10.5 Å². The Kier molecular flexibility index (Phi) is 15.5. The average molecular weight is 669 g/mol. The van der Waals surface area contributed by atoms with Gasteiger partial charge in [-0.1, -0.05) is 0 Å². The van der Waals surface area contributed by atoms with E-state index in [1.165, 1.54) is 13.8 Å². The van der Waals surface area contributed by atoms with Crippen molar-refractivity contribution in [1.29, 1.82) is 0 Å². The third-order valence-corrected chi connectivity index (χ3v) is 8.61. The Morgan fingerprint density at radius 1 is 1.04 bits per heavy atom. The highest BCUT2D eigenvalue weighted by molar-refractivity contribution is 7.53. The predicted octanol–water partition coefficient (Wildman–Crippen LogP) is 4.82. The van der Waals surface area contributed by atoms with Gasteiger partial charge >= 0.3 is 37.5 Å². The van der Waals surface area contributed by atoms with Crippen LogP contribution in [0.25, 0.3) is 0 Å². The Morgan fingerprint density at radius 2 is 1.72 bits per heavy atom. The van der Waals surface area contributed by atoms with Gasteiger partial charge in [-0.3, -0.25) is 23.7 Å². The summed E-state index contributed by atoms with van der Waals surface area (Å²) in [4.78, 5) is 48.9. The van der Waals surface area contributed by atoms with Crippen LogP contribution in [0.15, 0.2) is 18.2 Å². The van der Waals surface area contributed by atoms with Crippen molar-refractivity contribution < 1.29 is 56.5 Å². The lowest BCUT2D eigenvalue weighted by Crippen LogP contribution is -2.61. The maximum Gasteiger partial charge on any atom is 0.377 e. The van der Waals surface area contributed by atoms with Gasteiger partial charge in [-0.05, 0) is 63.8 Å². The molecular formula is C31H45N2O12P. The molecule has 0 spiro atoms. The van der Waals surface area contributed by atoms with Crippen LogP contribution in [0.3, 0.4) is 0 Å². The number of nitrogens with one attached hydrogen (secondary N) is 2. The van der Waals surface area contributed by atoms with Crippen LogP contribution in [0.1, 0.15) is 72.3 Å². The first-order valence-corrected chi connectivity index (χ1v) is 16.9. The van der Waals surface area contributed by atoms with Crippen molar-refractivity contribution in [1.82, 2.24) is 5.32 Å². The maximum atomic E-state index is 13.3. The van der Waals surface area contributed by atoms with E-state index < -0.39 is 55.8 Å². The molecule has 46 heavy (non-hydrogen) atoms. The van der Waals surface area contributed by atoms with Gasteiger partial charge < -0.3 is 38.6 Å². The number of carbonyl (C=O) groups excluding carboxylic acids is 4. The SMILES string of the molecule is C#CCCCCNC(=O)Nc1ccc(O[C@@]2(OC(C)=O)C[C@H](OC(C)=O)[C@@H](OC(C)=O)[C@@H](CCP(=O)(OCC)OCC)O2)c(C)c1. The van der Waals surface area contributed by atoms with E-state index >= 15 is 0 Å². The van der Waals surface area contributed by atoms with Crippen molar-refractivity contribution in [2.45, 2.75) is 97.9 Å². The molecule has 1 saturated heterocycles. The molecule has 2 amide bonds. The number of hydrogen-bond acceptors (Lipinski definition) is 12. The lowest BCUT2D eigenvalue weighted by Gasteiger charge is -2.45. The topological polar surface area (TPSA) is 174 Å². The molecule has 0 saturated carbocycles. The Morgan fingerprint density at radius 3 is 2.28 bits per heavy atom. The van der Waals surface area contributed by atoms with Gasteiger partial charge in [0.15, 0.2) is 12.2 Å². The number of carbonyl (C=O) groups is 4. The molecule has 1 fully saturated rings. The summed E-state index contributed by atoms with van der Waals surface area (Å²) >= 11 is 0. The molecule has 1 heterocycles. The van der Waals surface area contributed by atoms with Crippen molar-refractivity contribution in [2.75, 3.05) is 31.2 Å². The number of urea groups is 1.